The fourth-order valence-electron chi connectivity index (χ4n) is 1.80. The maximum absolute atomic E-state index is 11.3. The molecule has 1 amide bonds. The van der Waals surface area contributed by atoms with Crippen LogP contribution in [0, 0.1) is 0 Å². The molecule has 0 radical (unpaired) electrons. The van der Waals surface area contributed by atoms with Gasteiger partial charge in [-0.3, -0.25) is 14.5 Å². The summed E-state index contributed by atoms with van der Waals surface area (Å²) < 4.78 is 22.6. The van der Waals surface area contributed by atoms with Crippen molar-refractivity contribution in [2.24, 2.45) is 0 Å². The maximum atomic E-state index is 11.3. The van der Waals surface area contributed by atoms with Crippen LogP contribution in [0.1, 0.15) is 13.3 Å². The number of carboxylic acid groups (broad SMARTS) is 1. The molecule has 0 saturated carbocycles. The normalized spacial score (nSPS) is 21.6. The predicted octanol–water partition coefficient (Wildman–Crippen LogP) is -1.30. The van der Waals surface area contributed by atoms with Crippen molar-refractivity contribution < 1.29 is 23.1 Å². The van der Waals surface area contributed by atoms with E-state index in [1.165, 1.54) is 4.90 Å². The first kappa shape index (κ1) is 14.9. The molecule has 18 heavy (non-hydrogen) atoms. The van der Waals surface area contributed by atoms with Gasteiger partial charge in [0.2, 0.25) is 5.91 Å². The van der Waals surface area contributed by atoms with Crippen LogP contribution in [-0.2, 0) is 19.4 Å². The average Bonchev–Trinajstić information content (AvgIpc) is 2.28. The molecule has 104 valence electrons. The molecule has 1 saturated heterocycles. The van der Waals surface area contributed by atoms with Crippen molar-refractivity contribution in [2.45, 2.75) is 19.4 Å². The van der Waals surface area contributed by atoms with Crippen molar-refractivity contribution in [3.05, 3.63) is 0 Å². The summed E-state index contributed by atoms with van der Waals surface area (Å²) in [4.78, 5) is 23.7. The second kappa shape index (κ2) is 6.14. The maximum Gasteiger partial charge on any atom is 0.322 e. The Morgan fingerprint density at radius 3 is 2.78 bits per heavy atom. The van der Waals surface area contributed by atoms with E-state index in [0.717, 1.165) is 0 Å². The second-order valence-corrected chi connectivity index (χ2v) is 6.69. The summed E-state index contributed by atoms with van der Waals surface area (Å²) in [7, 11) is -3.05. The SMILES string of the molecule is CCS(=O)(=O)CCCN1CC(=O)NCC1C(=O)O. The Labute approximate surface area is 106 Å². The van der Waals surface area contributed by atoms with E-state index in [1.807, 2.05) is 0 Å². The number of amides is 1. The van der Waals surface area contributed by atoms with Gasteiger partial charge in [0, 0.05) is 18.8 Å². The lowest BCUT2D eigenvalue weighted by Gasteiger charge is -2.32. The summed E-state index contributed by atoms with van der Waals surface area (Å²) in [6, 6.07) is -0.771. The Morgan fingerprint density at radius 1 is 1.56 bits per heavy atom. The number of carboxylic acids is 1. The van der Waals surface area contributed by atoms with Crippen molar-refractivity contribution >= 4 is 21.7 Å². The van der Waals surface area contributed by atoms with Gasteiger partial charge in [-0.25, -0.2) is 8.42 Å². The van der Waals surface area contributed by atoms with E-state index in [2.05, 4.69) is 5.32 Å². The highest BCUT2D eigenvalue weighted by atomic mass is 32.2. The topological polar surface area (TPSA) is 104 Å². The number of carbonyl (C=O) groups excluding carboxylic acids is 1. The number of rotatable bonds is 6. The summed E-state index contributed by atoms with van der Waals surface area (Å²) in [5.74, 6) is -1.14. The molecule has 7 nitrogen and oxygen atoms in total. The number of piperazine rings is 1. The highest BCUT2D eigenvalue weighted by molar-refractivity contribution is 7.91. The molecule has 0 bridgehead atoms. The van der Waals surface area contributed by atoms with E-state index >= 15 is 0 Å². The van der Waals surface area contributed by atoms with Crippen molar-refractivity contribution in [3.8, 4) is 0 Å². The van der Waals surface area contributed by atoms with E-state index in [0.29, 0.717) is 13.0 Å². The number of sulfone groups is 1. The smallest absolute Gasteiger partial charge is 0.322 e. The summed E-state index contributed by atoms with van der Waals surface area (Å²) in [6.45, 7) is 1.94. The van der Waals surface area contributed by atoms with Crippen molar-refractivity contribution in [1.29, 1.82) is 0 Å². The van der Waals surface area contributed by atoms with Gasteiger partial charge < -0.3 is 10.4 Å². The number of nitrogens with zero attached hydrogens (tertiary/aromatic N) is 1. The number of hydrogen-bond acceptors (Lipinski definition) is 5. The quantitative estimate of drug-likeness (QED) is 0.625. The molecule has 1 heterocycles. The minimum Gasteiger partial charge on any atom is -0.480 e. The minimum atomic E-state index is -3.05. The molecule has 0 aliphatic carbocycles. The van der Waals surface area contributed by atoms with Gasteiger partial charge in [0.05, 0.1) is 12.3 Å². The molecule has 1 rings (SSSR count). The highest BCUT2D eigenvalue weighted by Crippen LogP contribution is 2.06. The molecular weight excluding hydrogens is 260 g/mol. The van der Waals surface area contributed by atoms with Crippen LogP contribution < -0.4 is 5.32 Å². The standard InChI is InChI=1S/C10H18N2O5S/c1-2-18(16,17)5-3-4-12-7-9(13)11-6-8(12)10(14)15/h8H,2-7H2,1H3,(H,11,13)(H,14,15). The van der Waals surface area contributed by atoms with Gasteiger partial charge in [0.15, 0.2) is 0 Å². The predicted molar refractivity (Wildman–Crippen MR) is 65.0 cm³/mol. The fraction of sp³-hybridized carbons (Fsp3) is 0.800. The zero-order valence-electron chi connectivity index (χ0n) is 10.3. The van der Waals surface area contributed by atoms with Crippen molar-refractivity contribution in [1.82, 2.24) is 10.2 Å². The summed E-state index contributed by atoms with van der Waals surface area (Å²) in [6.07, 6.45) is 0.341. The Hall–Kier alpha value is -1.15. The van der Waals surface area contributed by atoms with E-state index in [-0.39, 0.29) is 30.5 Å². The average molecular weight is 278 g/mol. The van der Waals surface area contributed by atoms with Crippen LogP contribution in [0.5, 0.6) is 0 Å². The Morgan fingerprint density at radius 2 is 2.22 bits per heavy atom. The van der Waals surface area contributed by atoms with Crippen LogP contribution in [0.3, 0.4) is 0 Å². The van der Waals surface area contributed by atoms with Crippen LogP contribution in [0.15, 0.2) is 0 Å². The lowest BCUT2D eigenvalue weighted by Crippen LogP contribution is -2.57. The van der Waals surface area contributed by atoms with Crippen LogP contribution >= 0.6 is 0 Å². The van der Waals surface area contributed by atoms with Crippen molar-refractivity contribution in [2.75, 3.05) is 31.1 Å². The van der Waals surface area contributed by atoms with Gasteiger partial charge in [0.25, 0.3) is 0 Å². The van der Waals surface area contributed by atoms with Crippen molar-refractivity contribution in [3.63, 3.8) is 0 Å². The third-order valence-corrected chi connectivity index (χ3v) is 4.70. The first-order valence-electron chi connectivity index (χ1n) is 5.79. The van der Waals surface area contributed by atoms with E-state index in [4.69, 9.17) is 5.11 Å². The van der Waals surface area contributed by atoms with E-state index < -0.39 is 21.8 Å². The molecule has 0 spiro atoms. The molecule has 0 aromatic rings. The van der Waals surface area contributed by atoms with E-state index in [9.17, 15) is 18.0 Å². The van der Waals surface area contributed by atoms with Gasteiger partial charge >= 0.3 is 5.97 Å². The molecule has 1 aliphatic heterocycles. The fourth-order valence-corrected chi connectivity index (χ4v) is 2.66. The van der Waals surface area contributed by atoms with Crippen LogP contribution in [0.25, 0.3) is 0 Å². The lowest BCUT2D eigenvalue weighted by atomic mass is 10.2. The Kier molecular flexibility index (Phi) is 5.09. The highest BCUT2D eigenvalue weighted by Gasteiger charge is 2.31. The summed E-state index contributed by atoms with van der Waals surface area (Å²) >= 11 is 0. The van der Waals surface area contributed by atoms with Gasteiger partial charge in [0.1, 0.15) is 15.9 Å². The van der Waals surface area contributed by atoms with Crippen LogP contribution in [-0.4, -0.2) is 67.5 Å². The molecule has 1 fully saturated rings. The zero-order valence-corrected chi connectivity index (χ0v) is 11.1. The van der Waals surface area contributed by atoms with Gasteiger partial charge in [-0.1, -0.05) is 6.92 Å². The van der Waals surface area contributed by atoms with Gasteiger partial charge in [-0.2, -0.15) is 0 Å². The molecule has 2 N–H and O–H groups in total. The number of hydrogen-bond donors (Lipinski definition) is 2. The summed E-state index contributed by atoms with van der Waals surface area (Å²) in [5, 5.41) is 11.5. The monoisotopic (exact) mass is 278 g/mol. The number of aliphatic carboxylic acids is 1. The van der Waals surface area contributed by atoms with Gasteiger partial charge in [-0.05, 0) is 6.42 Å². The Bertz CT molecular complexity index is 420. The third kappa shape index (κ3) is 4.26. The van der Waals surface area contributed by atoms with E-state index in [1.54, 1.807) is 6.92 Å². The van der Waals surface area contributed by atoms with Crippen LogP contribution in [0.2, 0.25) is 0 Å². The summed E-state index contributed by atoms with van der Waals surface area (Å²) in [5.41, 5.74) is 0. The second-order valence-electron chi connectivity index (χ2n) is 4.22. The Balaban J connectivity index is 2.51. The molecule has 1 unspecified atom stereocenters. The minimum absolute atomic E-state index is 0.00311. The first-order valence-corrected chi connectivity index (χ1v) is 7.62. The molecule has 0 aromatic heterocycles. The number of nitrogens with one attached hydrogen (secondary N) is 1. The molecule has 1 aliphatic rings. The third-order valence-electron chi connectivity index (χ3n) is 2.91. The molecular formula is C10H18N2O5S. The lowest BCUT2D eigenvalue weighted by molar-refractivity contribution is -0.145. The first-order chi connectivity index (χ1) is 8.35. The molecule has 1 atom stereocenters. The molecule has 8 heteroatoms. The zero-order chi connectivity index (χ0) is 13.8. The van der Waals surface area contributed by atoms with Gasteiger partial charge in [-0.15, -0.1) is 0 Å². The molecule has 0 aromatic carbocycles. The van der Waals surface area contributed by atoms with Crippen LogP contribution in [0.4, 0.5) is 0 Å². The largest absolute Gasteiger partial charge is 0.480 e. The number of carbonyl (C=O) groups is 2.